The minimum atomic E-state index is -0.614. The maximum Gasteiger partial charge on any atom is 0.338 e. The Morgan fingerprint density at radius 3 is 2.59 bits per heavy atom. The van der Waals surface area contributed by atoms with Crippen LogP contribution in [0.15, 0.2) is 66.5 Å². The van der Waals surface area contributed by atoms with Gasteiger partial charge in [-0.15, -0.1) is 0 Å². The van der Waals surface area contributed by atoms with Gasteiger partial charge in [0.2, 0.25) is 0 Å². The lowest BCUT2D eigenvalue weighted by molar-refractivity contribution is -0.139. The summed E-state index contributed by atoms with van der Waals surface area (Å²) in [7, 11) is 0. The van der Waals surface area contributed by atoms with Crippen LogP contribution in [0.3, 0.4) is 0 Å². The Bertz CT molecular complexity index is 1380. The number of aromatic nitrogens is 1. The molecule has 0 fully saturated rings. The number of halogens is 1. The summed E-state index contributed by atoms with van der Waals surface area (Å²) >= 11 is 4.55. The summed E-state index contributed by atoms with van der Waals surface area (Å²) < 4.78 is 13.5. The van der Waals surface area contributed by atoms with Gasteiger partial charge in [0, 0.05) is 6.08 Å². The fourth-order valence-electron chi connectivity index (χ4n) is 3.71. The van der Waals surface area contributed by atoms with E-state index >= 15 is 0 Å². The first kappa shape index (κ1) is 22.5. The summed E-state index contributed by atoms with van der Waals surface area (Å²) in [6.07, 6.45) is 1.69. The molecule has 1 aromatic carbocycles. The van der Waals surface area contributed by atoms with E-state index in [9.17, 15) is 9.59 Å². The van der Waals surface area contributed by atoms with E-state index in [1.165, 1.54) is 16.9 Å². The van der Waals surface area contributed by atoms with Crippen LogP contribution in [0.1, 0.15) is 56.5 Å². The van der Waals surface area contributed by atoms with E-state index in [0.29, 0.717) is 37.0 Å². The number of benzene rings is 1. The van der Waals surface area contributed by atoms with Crippen molar-refractivity contribution in [3.8, 4) is 0 Å². The molecule has 0 radical (unpaired) electrons. The van der Waals surface area contributed by atoms with Gasteiger partial charge in [-0.05, 0) is 59.0 Å². The summed E-state index contributed by atoms with van der Waals surface area (Å²) in [6, 6.07) is 10.9. The minimum Gasteiger partial charge on any atom is -0.463 e. The highest BCUT2D eigenvalue weighted by atomic mass is 79.9. The maximum atomic E-state index is 13.5. The molecular weight excluding hydrogens is 492 g/mol. The molecule has 32 heavy (non-hydrogen) atoms. The molecule has 3 heterocycles. The number of rotatable bonds is 5. The van der Waals surface area contributed by atoms with Gasteiger partial charge < -0.3 is 9.15 Å². The average Bonchev–Trinajstić information content (AvgIpc) is 3.30. The lowest BCUT2D eigenvalue weighted by Gasteiger charge is -2.25. The van der Waals surface area contributed by atoms with E-state index in [0.717, 1.165) is 5.56 Å². The predicted octanol–water partition coefficient (Wildman–Crippen LogP) is 4.28. The van der Waals surface area contributed by atoms with Crippen LogP contribution in [-0.2, 0) is 9.53 Å². The molecule has 1 atom stereocenters. The number of esters is 1. The number of ether oxygens (including phenoxy) is 1. The van der Waals surface area contributed by atoms with Crippen molar-refractivity contribution in [2.45, 2.75) is 39.7 Å². The largest absolute Gasteiger partial charge is 0.463 e. The number of hydrogen-bond donors (Lipinski definition) is 0. The van der Waals surface area contributed by atoms with Crippen molar-refractivity contribution in [2.24, 2.45) is 4.99 Å². The van der Waals surface area contributed by atoms with E-state index in [2.05, 4.69) is 34.8 Å². The lowest BCUT2D eigenvalue weighted by Crippen LogP contribution is -2.39. The van der Waals surface area contributed by atoms with E-state index in [-0.39, 0.29) is 12.2 Å². The number of carbonyl (C=O) groups is 1. The Hall–Kier alpha value is -2.71. The number of nitrogens with zero attached hydrogens (tertiary/aromatic N) is 2. The van der Waals surface area contributed by atoms with Crippen LogP contribution >= 0.6 is 27.3 Å². The normalized spacial score (nSPS) is 16.3. The van der Waals surface area contributed by atoms with E-state index in [1.807, 2.05) is 24.3 Å². The summed E-state index contributed by atoms with van der Waals surface area (Å²) in [5, 5.41) is 0. The second-order valence-corrected chi connectivity index (χ2v) is 9.56. The summed E-state index contributed by atoms with van der Waals surface area (Å²) in [5.74, 6) is 0.470. The van der Waals surface area contributed by atoms with Crippen LogP contribution in [0, 0.1) is 0 Å². The Kier molecular flexibility index (Phi) is 6.35. The Balaban J connectivity index is 1.93. The van der Waals surface area contributed by atoms with Crippen molar-refractivity contribution >= 4 is 39.3 Å². The molecule has 0 bridgehead atoms. The van der Waals surface area contributed by atoms with Gasteiger partial charge in [0.25, 0.3) is 5.56 Å². The van der Waals surface area contributed by atoms with Crippen molar-refractivity contribution < 1.29 is 13.9 Å². The highest BCUT2D eigenvalue weighted by molar-refractivity contribution is 9.10. The highest BCUT2D eigenvalue weighted by Crippen LogP contribution is 2.31. The molecule has 0 spiro atoms. The molecule has 0 saturated carbocycles. The molecule has 0 amide bonds. The second-order valence-electron chi connectivity index (χ2n) is 7.77. The van der Waals surface area contributed by atoms with Crippen LogP contribution < -0.4 is 14.9 Å². The van der Waals surface area contributed by atoms with Crippen molar-refractivity contribution in [1.29, 1.82) is 0 Å². The molecule has 8 heteroatoms. The highest BCUT2D eigenvalue weighted by Gasteiger charge is 2.33. The first-order valence-corrected chi connectivity index (χ1v) is 12.0. The molecule has 1 aliphatic rings. The number of fused-ring (bicyclic) bond motifs is 1. The van der Waals surface area contributed by atoms with Crippen LogP contribution in [0.25, 0.3) is 6.08 Å². The fourth-order valence-corrected chi connectivity index (χ4v) is 5.05. The number of thiazole rings is 1. The first-order valence-electron chi connectivity index (χ1n) is 10.3. The molecule has 0 aliphatic carbocycles. The van der Waals surface area contributed by atoms with Gasteiger partial charge in [-0.1, -0.05) is 49.4 Å². The third-order valence-corrected chi connectivity index (χ3v) is 6.71. The van der Waals surface area contributed by atoms with E-state index in [4.69, 9.17) is 9.15 Å². The van der Waals surface area contributed by atoms with Crippen molar-refractivity contribution in [2.75, 3.05) is 6.61 Å². The zero-order valence-corrected chi connectivity index (χ0v) is 20.6. The third kappa shape index (κ3) is 4.17. The van der Waals surface area contributed by atoms with Crippen molar-refractivity contribution in [1.82, 2.24) is 4.57 Å². The van der Waals surface area contributed by atoms with Gasteiger partial charge in [-0.3, -0.25) is 9.36 Å². The maximum absolute atomic E-state index is 13.5. The predicted molar refractivity (Wildman–Crippen MR) is 127 cm³/mol. The number of allylic oxidation sites excluding steroid dienone is 1. The average molecular weight is 515 g/mol. The van der Waals surface area contributed by atoms with Gasteiger partial charge in [0.15, 0.2) is 9.47 Å². The molecule has 6 nitrogen and oxygen atoms in total. The molecular formula is C24H23BrN2O4S. The molecule has 0 saturated heterocycles. The Labute approximate surface area is 197 Å². The smallest absolute Gasteiger partial charge is 0.338 e. The molecule has 0 N–H and O–H groups in total. The van der Waals surface area contributed by atoms with Crippen molar-refractivity contribution in [3.63, 3.8) is 0 Å². The zero-order valence-electron chi connectivity index (χ0n) is 18.2. The lowest BCUT2D eigenvalue weighted by atomic mass is 9.93. The first-order chi connectivity index (χ1) is 15.3. The SMILES string of the molecule is CCOC(=O)C1=C(C)N=c2s/c(=C\c3ccc(Br)o3)c(=O)n2[C@H]1c1ccc(C(C)C)cc1. The number of hydrogen-bond acceptors (Lipinski definition) is 6. The number of carbonyl (C=O) groups excluding carboxylic acids is 1. The Morgan fingerprint density at radius 1 is 1.28 bits per heavy atom. The molecule has 3 aromatic rings. The standard InChI is InChI=1S/C24H23BrN2O4S/c1-5-30-23(29)20-14(4)26-24-27(21(20)16-8-6-15(7-9-16)13(2)3)22(28)18(32-24)12-17-10-11-19(25)31-17/h6-13,21H,5H2,1-4H3/b18-12-/t21-/m0/s1. The molecule has 0 unspecified atom stereocenters. The van der Waals surface area contributed by atoms with Crippen LogP contribution in [0.5, 0.6) is 0 Å². The molecule has 2 aromatic heterocycles. The quantitative estimate of drug-likeness (QED) is 0.476. The van der Waals surface area contributed by atoms with Crippen LogP contribution in [-0.4, -0.2) is 17.1 Å². The summed E-state index contributed by atoms with van der Waals surface area (Å²) in [6.45, 7) is 8.03. The fraction of sp³-hybridized carbons (Fsp3) is 0.292. The van der Waals surface area contributed by atoms with Gasteiger partial charge in [-0.25, -0.2) is 9.79 Å². The van der Waals surface area contributed by atoms with Gasteiger partial charge >= 0.3 is 5.97 Å². The monoisotopic (exact) mass is 514 g/mol. The summed E-state index contributed by atoms with van der Waals surface area (Å²) in [5.41, 5.74) is 2.72. The minimum absolute atomic E-state index is 0.228. The topological polar surface area (TPSA) is 73.8 Å². The number of furan rings is 1. The summed E-state index contributed by atoms with van der Waals surface area (Å²) in [4.78, 5) is 31.5. The zero-order chi connectivity index (χ0) is 23.0. The van der Waals surface area contributed by atoms with E-state index in [1.54, 1.807) is 36.6 Å². The van der Waals surface area contributed by atoms with Crippen molar-refractivity contribution in [3.05, 3.63) is 88.9 Å². The Morgan fingerprint density at radius 2 is 2.00 bits per heavy atom. The van der Waals surface area contributed by atoms with Crippen LogP contribution in [0.2, 0.25) is 0 Å². The van der Waals surface area contributed by atoms with Crippen LogP contribution in [0.4, 0.5) is 0 Å². The molecule has 166 valence electrons. The molecule has 4 rings (SSSR count). The second kappa shape index (κ2) is 9.03. The van der Waals surface area contributed by atoms with E-state index < -0.39 is 12.0 Å². The van der Waals surface area contributed by atoms with Gasteiger partial charge in [-0.2, -0.15) is 0 Å². The molecule has 1 aliphatic heterocycles. The third-order valence-electron chi connectivity index (χ3n) is 5.30. The van der Waals surface area contributed by atoms with Gasteiger partial charge in [0.05, 0.1) is 28.5 Å². The van der Waals surface area contributed by atoms with Gasteiger partial charge in [0.1, 0.15) is 5.76 Å².